The molecule has 0 unspecified atom stereocenters. The molecule has 3 rings (SSSR count). The Morgan fingerprint density at radius 3 is 2.61 bits per heavy atom. The van der Waals surface area contributed by atoms with Crippen LogP contribution in [0.5, 0.6) is 11.5 Å². The van der Waals surface area contributed by atoms with Gasteiger partial charge in [-0.1, -0.05) is 11.6 Å². The molecule has 0 saturated heterocycles. The van der Waals surface area contributed by atoms with Crippen molar-refractivity contribution in [3.05, 3.63) is 69.0 Å². The SMILES string of the molecule is Cc1cc(=O)oc2c(C)c(OCC(=O)NCCOc3ccc(Cl)cc3)ccc12. The standard InChI is InChI=1S/C21H20ClNO5/c1-13-11-20(25)28-21-14(2)18(8-7-17(13)21)27-12-19(24)23-9-10-26-16-5-3-15(22)4-6-16/h3-8,11H,9-10,12H2,1-2H3,(H,23,24). The van der Waals surface area contributed by atoms with E-state index in [0.29, 0.717) is 40.8 Å². The van der Waals surface area contributed by atoms with Crippen LogP contribution in [-0.4, -0.2) is 25.7 Å². The Labute approximate surface area is 167 Å². The summed E-state index contributed by atoms with van der Waals surface area (Å²) in [6, 6.07) is 12.0. The molecule has 2 aromatic carbocycles. The predicted octanol–water partition coefficient (Wildman–Crippen LogP) is 3.64. The predicted molar refractivity (Wildman–Crippen MR) is 107 cm³/mol. The van der Waals surface area contributed by atoms with Gasteiger partial charge >= 0.3 is 5.63 Å². The van der Waals surface area contributed by atoms with Gasteiger partial charge < -0.3 is 19.2 Å². The van der Waals surface area contributed by atoms with Crippen LogP contribution in [0.1, 0.15) is 11.1 Å². The summed E-state index contributed by atoms with van der Waals surface area (Å²) in [5.41, 5.74) is 1.57. The lowest BCUT2D eigenvalue weighted by atomic mass is 10.1. The van der Waals surface area contributed by atoms with Crippen LogP contribution in [0.2, 0.25) is 5.02 Å². The summed E-state index contributed by atoms with van der Waals surface area (Å²) in [6.45, 7) is 4.16. The quantitative estimate of drug-likeness (QED) is 0.483. The van der Waals surface area contributed by atoms with Crippen molar-refractivity contribution in [1.82, 2.24) is 5.32 Å². The molecule has 1 aromatic heterocycles. The minimum absolute atomic E-state index is 0.149. The fraction of sp³-hybridized carbons (Fsp3) is 0.238. The van der Waals surface area contributed by atoms with Gasteiger partial charge in [-0.2, -0.15) is 0 Å². The minimum Gasteiger partial charge on any atom is -0.492 e. The maximum atomic E-state index is 12.0. The summed E-state index contributed by atoms with van der Waals surface area (Å²) in [5, 5.41) is 4.20. The third-order valence-corrected chi connectivity index (χ3v) is 4.44. The molecular formula is C21H20ClNO5. The number of fused-ring (bicyclic) bond motifs is 1. The molecule has 0 spiro atoms. The first kappa shape index (κ1) is 19.8. The molecule has 1 N–H and O–H groups in total. The van der Waals surface area contributed by atoms with Crippen LogP contribution < -0.4 is 20.4 Å². The van der Waals surface area contributed by atoms with Gasteiger partial charge in [0.25, 0.3) is 5.91 Å². The van der Waals surface area contributed by atoms with Crippen molar-refractivity contribution < 1.29 is 18.7 Å². The molecule has 3 aromatic rings. The zero-order valence-electron chi connectivity index (χ0n) is 15.6. The third kappa shape index (κ3) is 4.84. The zero-order chi connectivity index (χ0) is 20.1. The molecule has 0 aliphatic carbocycles. The number of aryl methyl sites for hydroxylation is 2. The molecule has 0 atom stereocenters. The number of benzene rings is 2. The maximum Gasteiger partial charge on any atom is 0.336 e. The van der Waals surface area contributed by atoms with Crippen molar-refractivity contribution in [3.8, 4) is 11.5 Å². The topological polar surface area (TPSA) is 77.8 Å². The van der Waals surface area contributed by atoms with Gasteiger partial charge in [0.05, 0.1) is 6.54 Å². The zero-order valence-corrected chi connectivity index (χ0v) is 16.3. The molecule has 146 valence electrons. The second-order valence-corrected chi connectivity index (χ2v) is 6.69. The molecule has 0 aliphatic rings. The summed E-state index contributed by atoms with van der Waals surface area (Å²) in [5.74, 6) is 0.900. The van der Waals surface area contributed by atoms with Gasteiger partial charge in [0.2, 0.25) is 0 Å². The van der Waals surface area contributed by atoms with Crippen LogP contribution in [0.4, 0.5) is 0 Å². The molecule has 0 radical (unpaired) electrons. The van der Waals surface area contributed by atoms with Gasteiger partial charge in [-0.3, -0.25) is 4.79 Å². The Balaban J connectivity index is 1.51. The van der Waals surface area contributed by atoms with Crippen LogP contribution >= 0.6 is 11.6 Å². The highest BCUT2D eigenvalue weighted by atomic mass is 35.5. The minimum atomic E-state index is -0.413. The normalized spacial score (nSPS) is 10.7. The fourth-order valence-corrected chi connectivity index (χ4v) is 2.87. The lowest BCUT2D eigenvalue weighted by molar-refractivity contribution is -0.123. The van der Waals surface area contributed by atoms with E-state index in [1.807, 2.05) is 13.0 Å². The van der Waals surface area contributed by atoms with Gasteiger partial charge in [0, 0.05) is 22.0 Å². The Kier molecular flexibility index (Phi) is 6.21. The third-order valence-electron chi connectivity index (χ3n) is 4.18. The monoisotopic (exact) mass is 401 g/mol. The van der Waals surface area contributed by atoms with E-state index in [9.17, 15) is 9.59 Å². The molecule has 7 heteroatoms. The average molecular weight is 402 g/mol. The summed E-state index contributed by atoms with van der Waals surface area (Å²) < 4.78 is 16.4. The Hall–Kier alpha value is -2.99. The summed E-state index contributed by atoms with van der Waals surface area (Å²) >= 11 is 5.81. The number of carbonyl (C=O) groups is 1. The number of nitrogens with one attached hydrogen (secondary N) is 1. The van der Waals surface area contributed by atoms with E-state index in [2.05, 4.69) is 5.32 Å². The first-order valence-corrected chi connectivity index (χ1v) is 9.14. The van der Waals surface area contributed by atoms with Crippen molar-refractivity contribution in [2.45, 2.75) is 13.8 Å². The van der Waals surface area contributed by atoms with Crippen LogP contribution in [0.25, 0.3) is 11.0 Å². The highest BCUT2D eigenvalue weighted by Crippen LogP contribution is 2.28. The molecule has 6 nitrogen and oxygen atoms in total. The molecule has 1 amide bonds. The lowest BCUT2D eigenvalue weighted by Crippen LogP contribution is -2.32. The van der Waals surface area contributed by atoms with E-state index in [0.717, 1.165) is 10.9 Å². The number of hydrogen-bond donors (Lipinski definition) is 1. The number of amides is 1. The largest absolute Gasteiger partial charge is 0.492 e. The lowest BCUT2D eigenvalue weighted by Gasteiger charge is -2.12. The van der Waals surface area contributed by atoms with Crippen molar-refractivity contribution in [3.63, 3.8) is 0 Å². The number of rotatable bonds is 7. The number of halogens is 1. The Morgan fingerprint density at radius 1 is 1.11 bits per heavy atom. The van der Waals surface area contributed by atoms with E-state index in [4.69, 9.17) is 25.5 Å². The Bertz CT molecular complexity index is 1040. The second-order valence-electron chi connectivity index (χ2n) is 6.25. The van der Waals surface area contributed by atoms with Crippen LogP contribution in [0.3, 0.4) is 0 Å². The van der Waals surface area contributed by atoms with E-state index in [1.165, 1.54) is 6.07 Å². The van der Waals surface area contributed by atoms with Gasteiger partial charge in [-0.05, 0) is 55.8 Å². The van der Waals surface area contributed by atoms with Gasteiger partial charge in [-0.25, -0.2) is 4.79 Å². The molecule has 0 saturated carbocycles. The van der Waals surface area contributed by atoms with E-state index < -0.39 is 5.63 Å². The maximum absolute atomic E-state index is 12.0. The van der Waals surface area contributed by atoms with Crippen LogP contribution in [0, 0.1) is 13.8 Å². The highest BCUT2D eigenvalue weighted by molar-refractivity contribution is 6.30. The summed E-state index contributed by atoms with van der Waals surface area (Å²) in [4.78, 5) is 23.6. The van der Waals surface area contributed by atoms with E-state index >= 15 is 0 Å². The van der Waals surface area contributed by atoms with E-state index in [1.54, 1.807) is 37.3 Å². The first-order valence-electron chi connectivity index (χ1n) is 8.76. The number of ether oxygens (including phenoxy) is 2. The van der Waals surface area contributed by atoms with Crippen LogP contribution in [-0.2, 0) is 4.79 Å². The van der Waals surface area contributed by atoms with Crippen molar-refractivity contribution >= 4 is 28.5 Å². The van der Waals surface area contributed by atoms with Gasteiger partial charge in [0.15, 0.2) is 6.61 Å². The van der Waals surface area contributed by atoms with Crippen molar-refractivity contribution in [2.75, 3.05) is 19.8 Å². The molecule has 0 fully saturated rings. The smallest absolute Gasteiger partial charge is 0.336 e. The van der Waals surface area contributed by atoms with Gasteiger partial charge in [0.1, 0.15) is 23.7 Å². The second kappa shape index (κ2) is 8.80. The van der Waals surface area contributed by atoms with Crippen molar-refractivity contribution in [1.29, 1.82) is 0 Å². The molecule has 0 bridgehead atoms. The summed E-state index contributed by atoms with van der Waals surface area (Å²) in [7, 11) is 0. The highest BCUT2D eigenvalue weighted by Gasteiger charge is 2.11. The van der Waals surface area contributed by atoms with Crippen LogP contribution in [0.15, 0.2) is 51.7 Å². The molecule has 1 heterocycles. The molecular weight excluding hydrogens is 382 g/mol. The molecule has 0 aliphatic heterocycles. The average Bonchev–Trinajstić information content (AvgIpc) is 2.66. The molecule has 28 heavy (non-hydrogen) atoms. The number of hydrogen-bond acceptors (Lipinski definition) is 5. The Morgan fingerprint density at radius 2 is 1.86 bits per heavy atom. The fourth-order valence-electron chi connectivity index (χ4n) is 2.74. The van der Waals surface area contributed by atoms with E-state index in [-0.39, 0.29) is 12.5 Å². The summed E-state index contributed by atoms with van der Waals surface area (Å²) in [6.07, 6.45) is 0. The van der Waals surface area contributed by atoms with Crippen molar-refractivity contribution in [2.24, 2.45) is 0 Å². The first-order chi connectivity index (χ1) is 13.4. The van der Waals surface area contributed by atoms with Gasteiger partial charge in [-0.15, -0.1) is 0 Å². The number of carbonyl (C=O) groups excluding carboxylic acids is 1.